The van der Waals surface area contributed by atoms with Gasteiger partial charge in [-0.1, -0.05) is 31.4 Å². The van der Waals surface area contributed by atoms with Gasteiger partial charge in [0.05, 0.1) is 0 Å². The lowest BCUT2D eigenvalue weighted by molar-refractivity contribution is -0.000307. The Labute approximate surface area is 97.3 Å². The fourth-order valence-corrected chi connectivity index (χ4v) is 2.45. The molecule has 1 aromatic carbocycles. The van der Waals surface area contributed by atoms with E-state index in [2.05, 4.69) is 12.1 Å². The minimum atomic E-state index is -0.736. The summed E-state index contributed by atoms with van der Waals surface area (Å²) in [4.78, 5) is 0. The number of hydrogen-bond donors (Lipinski definition) is 1. The molecular weight excluding hydrogens is 200 g/mol. The maximum Gasteiger partial charge on any atom is 0.194 e. The first-order valence-corrected chi connectivity index (χ1v) is 6.20. The molecule has 0 heterocycles. The molecule has 0 aromatic heterocycles. The maximum atomic E-state index is 9.10. The first-order chi connectivity index (χ1) is 7.75. The summed E-state index contributed by atoms with van der Waals surface area (Å²) >= 11 is 0. The maximum absolute atomic E-state index is 9.10. The molecule has 2 rings (SSSR count). The molecule has 1 aliphatic rings. The summed E-state index contributed by atoms with van der Waals surface area (Å²) in [7, 11) is 0. The Kier molecular flexibility index (Phi) is 3.83. The third-order valence-corrected chi connectivity index (χ3v) is 3.26. The van der Waals surface area contributed by atoms with E-state index < -0.39 is 6.29 Å². The van der Waals surface area contributed by atoms with E-state index in [1.807, 2.05) is 12.1 Å². The molecule has 1 aromatic rings. The van der Waals surface area contributed by atoms with Crippen LogP contribution in [0.5, 0.6) is 5.75 Å². The molecule has 0 spiro atoms. The predicted molar refractivity (Wildman–Crippen MR) is 64.6 cm³/mol. The molecule has 0 amide bonds. The fraction of sp³-hybridized carbons (Fsp3) is 0.571. The summed E-state index contributed by atoms with van der Waals surface area (Å²) in [5, 5.41) is 9.10. The summed E-state index contributed by atoms with van der Waals surface area (Å²) in [6.45, 7) is 1.62. The average Bonchev–Trinajstić information content (AvgIpc) is 2.30. The Morgan fingerprint density at radius 2 is 1.75 bits per heavy atom. The van der Waals surface area contributed by atoms with Gasteiger partial charge in [0.25, 0.3) is 0 Å². The zero-order valence-electron chi connectivity index (χ0n) is 9.86. The summed E-state index contributed by atoms with van der Waals surface area (Å²) in [5.74, 6) is 1.48. The van der Waals surface area contributed by atoms with Crippen LogP contribution in [0.25, 0.3) is 0 Å². The number of rotatable bonds is 3. The van der Waals surface area contributed by atoms with E-state index in [9.17, 15) is 0 Å². The highest BCUT2D eigenvalue weighted by Gasteiger charge is 2.15. The van der Waals surface area contributed by atoms with E-state index in [4.69, 9.17) is 9.84 Å². The average molecular weight is 220 g/mol. The molecule has 1 saturated carbocycles. The van der Waals surface area contributed by atoms with Gasteiger partial charge < -0.3 is 9.84 Å². The van der Waals surface area contributed by atoms with Crippen LogP contribution in [-0.4, -0.2) is 11.4 Å². The number of aliphatic hydroxyl groups is 1. The van der Waals surface area contributed by atoms with Gasteiger partial charge in [-0.05, 0) is 43.4 Å². The standard InChI is InChI=1S/C14H20O2/c1-11(15)16-14-9-7-13(8-10-14)12-5-3-2-4-6-12/h7-12,15H,2-6H2,1H3. The topological polar surface area (TPSA) is 29.5 Å². The van der Waals surface area contributed by atoms with Gasteiger partial charge in [0.15, 0.2) is 6.29 Å². The van der Waals surface area contributed by atoms with Gasteiger partial charge in [0, 0.05) is 0 Å². The van der Waals surface area contributed by atoms with Crippen molar-refractivity contribution < 1.29 is 9.84 Å². The van der Waals surface area contributed by atoms with Crippen molar-refractivity contribution in [1.29, 1.82) is 0 Å². The number of ether oxygens (including phenoxy) is 1. The molecule has 0 saturated heterocycles. The second-order valence-corrected chi connectivity index (χ2v) is 4.62. The third kappa shape index (κ3) is 2.99. The molecule has 1 atom stereocenters. The van der Waals surface area contributed by atoms with Crippen LogP contribution in [0.3, 0.4) is 0 Å². The molecule has 1 N–H and O–H groups in total. The van der Waals surface area contributed by atoms with E-state index in [1.165, 1.54) is 37.7 Å². The molecule has 1 fully saturated rings. The largest absolute Gasteiger partial charge is 0.465 e. The highest BCUT2D eigenvalue weighted by atomic mass is 16.6. The van der Waals surface area contributed by atoms with Crippen molar-refractivity contribution >= 4 is 0 Å². The smallest absolute Gasteiger partial charge is 0.194 e. The lowest BCUT2D eigenvalue weighted by Gasteiger charge is -2.22. The van der Waals surface area contributed by atoms with Crippen molar-refractivity contribution in [3.05, 3.63) is 29.8 Å². The van der Waals surface area contributed by atoms with Crippen LogP contribution in [-0.2, 0) is 0 Å². The Hall–Kier alpha value is -1.02. The Bertz CT molecular complexity index is 310. The number of aliphatic hydroxyl groups excluding tert-OH is 1. The molecular formula is C14H20O2. The van der Waals surface area contributed by atoms with Gasteiger partial charge in [0.1, 0.15) is 5.75 Å². The van der Waals surface area contributed by atoms with Crippen molar-refractivity contribution in [2.75, 3.05) is 0 Å². The molecule has 1 unspecified atom stereocenters. The summed E-state index contributed by atoms with van der Waals surface area (Å²) in [6, 6.07) is 8.18. The lowest BCUT2D eigenvalue weighted by atomic mass is 9.84. The third-order valence-electron chi connectivity index (χ3n) is 3.26. The van der Waals surface area contributed by atoms with Gasteiger partial charge in [-0.15, -0.1) is 0 Å². The minimum Gasteiger partial charge on any atom is -0.465 e. The Morgan fingerprint density at radius 3 is 2.31 bits per heavy atom. The monoisotopic (exact) mass is 220 g/mol. The summed E-state index contributed by atoms with van der Waals surface area (Å²) in [5.41, 5.74) is 1.41. The van der Waals surface area contributed by atoms with E-state index in [1.54, 1.807) is 6.92 Å². The van der Waals surface area contributed by atoms with Crippen molar-refractivity contribution in [2.24, 2.45) is 0 Å². The fourth-order valence-electron chi connectivity index (χ4n) is 2.45. The Balaban J connectivity index is 2.00. The number of hydrogen-bond acceptors (Lipinski definition) is 2. The van der Waals surface area contributed by atoms with E-state index in [0.29, 0.717) is 0 Å². The van der Waals surface area contributed by atoms with Crippen molar-refractivity contribution in [3.8, 4) is 5.75 Å². The van der Waals surface area contributed by atoms with Crippen LogP contribution in [0.15, 0.2) is 24.3 Å². The quantitative estimate of drug-likeness (QED) is 0.790. The van der Waals surface area contributed by atoms with Crippen LogP contribution in [0.1, 0.15) is 50.5 Å². The van der Waals surface area contributed by atoms with Gasteiger partial charge in [-0.2, -0.15) is 0 Å². The first-order valence-electron chi connectivity index (χ1n) is 6.20. The van der Waals surface area contributed by atoms with Gasteiger partial charge in [0.2, 0.25) is 0 Å². The Morgan fingerprint density at radius 1 is 1.12 bits per heavy atom. The molecule has 2 heteroatoms. The predicted octanol–water partition coefficient (Wildman–Crippen LogP) is 3.45. The van der Waals surface area contributed by atoms with Crippen molar-refractivity contribution in [3.63, 3.8) is 0 Å². The van der Waals surface area contributed by atoms with Crippen LogP contribution >= 0.6 is 0 Å². The lowest BCUT2D eigenvalue weighted by Crippen LogP contribution is -2.09. The SMILES string of the molecule is CC(O)Oc1ccc(C2CCCCC2)cc1. The van der Waals surface area contributed by atoms with Crippen molar-refractivity contribution in [2.45, 2.75) is 51.2 Å². The highest BCUT2D eigenvalue weighted by Crippen LogP contribution is 2.33. The molecule has 0 bridgehead atoms. The molecule has 0 radical (unpaired) electrons. The normalized spacial score (nSPS) is 19.4. The van der Waals surface area contributed by atoms with Crippen LogP contribution < -0.4 is 4.74 Å². The summed E-state index contributed by atoms with van der Waals surface area (Å²) in [6.07, 6.45) is 6.00. The van der Waals surface area contributed by atoms with Gasteiger partial charge in [-0.25, -0.2) is 0 Å². The van der Waals surface area contributed by atoms with Gasteiger partial charge >= 0.3 is 0 Å². The zero-order chi connectivity index (χ0) is 11.4. The minimum absolute atomic E-state index is 0.731. The zero-order valence-corrected chi connectivity index (χ0v) is 9.86. The molecule has 88 valence electrons. The van der Waals surface area contributed by atoms with Crippen LogP contribution in [0, 0.1) is 0 Å². The first kappa shape index (κ1) is 11.5. The second-order valence-electron chi connectivity index (χ2n) is 4.62. The molecule has 0 aliphatic heterocycles. The highest BCUT2D eigenvalue weighted by molar-refractivity contribution is 5.29. The molecule has 16 heavy (non-hydrogen) atoms. The summed E-state index contributed by atoms with van der Waals surface area (Å²) < 4.78 is 5.21. The second kappa shape index (κ2) is 5.35. The van der Waals surface area contributed by atoms with Crippen LogP contribution in [0.2, 0.25) is 0 Å². The van der Waals surface area contributed by atoms with E-state index in [-0.39, 0.29) is 0 Å². The van der Waals surface area contributed by atoms with Crippen LogP contribution in [0.4, 0.5) is 0 Å². The van der Waals surface area contributed by atoms with E-state index in [0.717, 1.165) is 11.7 Å². The molecule has 1 aliphatic carbocycles. The van der Waals surface area contributed by atoms with Gasteiger partial charge in [-0.3, -0.25) is 0 Å². The number of benzene rings is 1. The van der Waals surface area contributed by atoms with E-state index >= 15 is 0 Å². The van der Waals surface area contributed by atoms with Crippen molar-refractivity contribution in [1.82, 2.24) is 0 Å². The molecule has 2 nitrogen and oxygen atoms in total.